The summed E-state index contributed by atoms with van der Waals surface area (Å²) in [6, 6.07) is 9.09. The minimum Gasteiger partial charge on any atom is -0.493 e. The van der Waals surface area contributed by atoms with Gasteiger partial charge in [0.15, 0.2) is 0 Å². The first kappa shape index (κ1) is 16.1. The number of ether oxygens (including phenoxy) is 1. The van der Waals surface area contributed by atoms with Gasteiger partial charge in [-0.05, 0) is 31.0 Å². The Morgan fingerprint density at radius 3 is 2.70 bits per heavy atom. The lowest BCUT2D eigenvalue weighted by Crippen LogP contribution is -2.34. The summed E-state index contributed by atoms with van der Waals surface area (Å²) in [5, 5.41) is 3.70. The molecule has 0 saturated carbocycles. The van der Waals surface area contributed by atoms with Gasteiger partial charge in [0.25, 0.3) is 0 Å². The van der Waals surface area contributed by atoms with Crippen LogP contribution < -0.4 is 10.1 Å². The van der Waals surface area contributed by atoms with Crippen LogP contribution in [0, 0.1) is 0 Å². The topological polar surface area (TPSA) is 21.3 Å². The zero-order valence-corrected chi connectivity index (χ0v) is 13.9. The van der Waals surface area contributed by atoms with Gasteiger partial charge in [0.1, 0.15) is 5.75 Å². The molecule has 1 aromatic rings. The van der Waals surface area contributed by atoms with Gasteiger partial charge in [0, 0.05) is 29.1 Å². The number of hydrogen-bond acceptors (Lipinski definition) is 4. The van der Waals surface area contributed by atoms with Crippen molar-refractivity contribution >= 4 is 23.5 Å². The van der Waals surface area contributed by atoms with Gasteiger partial charge in [-0.25, -0.2) is 0 Å². The van der Waals surface area contributed by atoms with Crippen molar-refractivity contribution in [2.75, 3.05) is 36.2 Å². The summed E-state index contributed by atoms with van der Waals surface area (Å²) >= 11 is 4.15. The Morgan fingerprint density at radius 1 is 1.20 bits per heavy atom. The van der Waals surface area contributed by atoms with Gasteiger partial charge in [0.2, 0.25) is 0 Å². The van der Waals surface area contributed by atoms with Gasteiger partial charge < -0.3 is 10.1 Å². The molecule has 0 atom stereocenters. The summed E-state index contributed by atoms with van der Waals surface area (Å²) in [5.41, 5.74) is 1.32. The van der Waals surface area contributed by atoms with Crippen LogP contribution in [0.3, 0.4) is 0 Å². The lowest BCUT2D eigenvalue weighted by atomic mass is 10.1. The minimum absolute atomic E-state index is 0.663. The van der Waals surface area contributed by atoms with Crippen LogP contribution >= 0.6 is 23.5 Å². The Bertz CT molecular complexity index is 378. The van der Waals surface area contributed by atoms with E-state index < -0.39 is 0 Å². The lowest BCUT2D eigenvalue weighted by Gasteiger charge is -2.16. The molecule has 1 aliphatic rings. The molecule has 0 aliphatic carbocycles. The number of nitrogens with one attached hydrogen (secondary N) is 1. The summed E-state index contributed by atoms with van der Waals surface area (Å²) in [7, 11) is 0. The van der Waals surface area contributed by atoms with E-state index in [0.717, 1.165) is 31.7 Å². The maximum absolute atomic E-state index is 5.81. The first-order valence-corrected chi connectivity index (χ1v) is 9.80. The molecule has 112 valence electrons. The second-order valence-electron chi connectivity index (χ2n) is 5.01. The van der Waals surface area contributed by atoms with Crippen molar-refractivity contribution in [1.29, 1.82) is 0 Å². The molecular weight excluding hydrogens is 286 g/mol. The van der Waals surface area contributed by atoms with Crippen LogP contribution in [-0.4, -0.2) is 42.2 Å². The normalized spacial score (nSPS) is 16.9. The van der Waals surface area contributed by atoms with E-state index in [9.17, 15) is 0 Å². The van der Waals surface area contributed by atoms with E-state index in [-0.39, 0.29) is 0 Å². The largest absolute Gasteiger partial charge is 0.493 e. The Morgan fingerprint density at radius 2 is 1.95 bits per heavy atom. The molecule has 0 bridgehead atoms. The number of rotatable bonds is 7. The highest BCUT2D eigenvalue weighted by atomic mass is 32.2. The van der Waals surface area contributed by atoms with Crippen molar-refractivity contribution in [2.24, 2.45) is 0 Å². The molecule has 0 aromatic heterocycles. The molecule has 20 heavy (non-hydrogen) atoms. The van der Waals surface area contributed by atoms with Crippen LogP contribution in [0.2, 0.25) is 0 Å². The monoisotopic (exact) mass is 311 g/mol. The second-order valence-corrected chi connectivity index (χ2v) is 7.31. The van der Waals surface area contributed by atoms with Crippen molar-refractivity contribution in [1.82, 2.24) is 5.32 Å². The molecule has 1 aromatic carbocycles. The summed E-state index contributed by atoms with van der Waals surface area (Å²) in [6.45, 7) is 3.99. The number of hydrogen-bond donors (Lipinski definition) is 1. The SMILES string of the molecule is CCCOc1ccccc1CCNC1CSCCSC1. The molecule has 1 heterocycles. The first-order chi connectivity index (χ1) is 9.90. The molecular formula is C16H25NOS2. The molecule has 2 nitrogen and oxygen atoms in total. The molecule has 1 saturated heterocycles. The summed E-state index contributed by atoms with van der Waals surface area (Å²) in [5.74, 6) is 6.16. The third-order valence-corrected chi connectivity index (χ3v) is 5.79. The zero-order valence-electron chi connectivity index (χ0n) is 12.3. The Hall–Kier alpha value is -0.320. The van der Waals surface area contributed by atoms with Crippen LogP contribution in [-0.2, 0) is 6.42 Å². The average molecular weight is 312 g/mol. The van der Waals surface area contributed by atoms with E-state index in [1.165, 1.54) is 28.6 Å². The second kappa shape index (κ2) is 9.59. The Labute approximate surface area is 131 Å². The fourth-order valence-electron chi connectivity index (χ4n) is 2.21. The van der Waals surface area contributed by atoms with Crippen molar-refractivity contribution in [2.45, 2.75) is 25.8 Å². The highest BCUT2D eigenvalue weighted by Crippen LogP contribution is 2.19. The number of benzene rings is 1. The van der Waals surface area contributed by atoms with Gasteiger partial charge in [-0.1, -0.05) is 25.1 Å². The van der Waals surface area contributed by atoms with Crippen LogP contribution in [0.5, 0.6) is 5.75 Å². The van der Waals surface area contributed by atoms with Crippen LogP contribution in [0.15, 0.2) is 24.3 Å². The van der Waals surface area contributed by atoms with Crippen molar-refractivity contribution in [3.05, 3.63) is 29.8 Å². The Kier molecular flexibility index (Phi) is 7.70. The van der Waals surface area contributed by atoms with E-state index in [4.69, 9.17) is 4.74 Å². The third kappa shape index (κ3) is 5.58. The molecule has 1 N–H and O–H groups in total. The van der Waals surface area contributed by atoms with E-state index in [1.54, 1.807) is 0 Å². The van der Waals surface area contributed by atoms with E-state index in [1.807, 2.05) is 0 Å². The lowest BCUT2D eigenvalue weighted by molar-refractivity contribution is 0.314. The fraction of sp³-hybridized carbons (Fsp3) is 0.625. The predicted molar refractivity (Wildman–Crippen MR) is 92.4 cm³/mol. The van der Waals surface area contributed by atoms with Gasteiger partial charge in [0.05, 0.1) is 6.61 Å². The Balaban J connectivity index is 1.77. The highest BCUT2D eigenvalue weighted by Gasteiger charge is 2.12. The predicted octanol–water partition coefficient (Wildman–Crippen LogP) is 3.46. The molecule has 1 aliphatic heterocycles. The van der Waals surface area contributed by atoms with E-state index in [0.29, 0.717) is 6.04 Å². The molecule has 2 rings (SSSR count). The van der Waals surface area contributed by atoms with Crippen molar-refractivity contribution in [3.8, 4) is 5.75 Å². The van der Waals surface area contributed by atoms with Crippen molar-refractivity contribution < 1.29 is 4.74 Å². The highest BCUT2D eigenvalue weighted by molar-refractivity contribution is 8.03. The van der Waals surface area contributed by atoms with Gasteiger partial charge >= 0.3 is 0 Å². The molecule has 0 radical (unpaired) electrons. The maximum atomic E-state index is 5.81. The van der Waals surface area contributed by atoms with E-state index >= 15 is 0 Å². The third-order valence-electron chi connectivity index (χ3n) is 3.27. The van der Waals surface area contributed by atoms with Crippen LogP contribution in [0.4, 0.5) is 0 Å². The quantitative estimate of drug-likeness (QED) is 0.832. The standard InChI is InChI=1S/C16H25NOS2/c1-2-9-18-16-6-4-3-5-14(16)7-8-17-15-12-19-10-11-20-13-15/h3-6,15,17H,2,7-13H2,1H3. The molecule has 1 fully saturated rings. The van der Waals surface area contributed by atoms with Crippen LogP contribution in [0.25, 0.3) is 0 Å². The van der Waals surface area contributed by atoms with E-state index in [2.05, 4.69) is 60.0 Å². The summed E-state index contributed by atoms with van der Waals surface area (Å²) < 4.78 is 5.81. The number of thioether (sulfide) groups is 2. The average Bonchev–Trinajstić information content (AvgIpc) is 2.75. The van der Waals surface area contributed by atoms with Crippen molar-refractivity contribution in [3.63, 3.8) is 0 Å². The number of para-hydroxylation sites is 1. The van der Waals surface area contributed by atoms with Gasteiger partial charge in [-0.15, -0.1) is 0 Å². The first-order valence-electron chi connectivity index (χ1n) is 7.49. The molecule has 4 heteroatoms. The fourth-order valence-corrected chi connectivity index (χ4v) is 4.67. The molecule has 0 unspecified atom stereocenters. The van der Waals surface area contributed by atoms with Gasteiger partial charge in [-0.2, -0.15) is 23.5 Å². The van der Waals surface area contributed by atoms with Crippen LogP contribution in [0.1, 0.15) is 18.9 Å². The summed E-state index contributed by atoms with van der Waals surface area (Å²) in [4.78, 5) is 0. The summed E-state index contributed by atoms with van der Waals surface area (Å²) in [6.07, 6.45) is 2.11. The van der Waals surface area contributed by atoms with Gasteiger partial charge in [-0.3, -0.25) is 0 Å². The molecule has 0 spiro atoms. The zero-order chi connectivity index (χ0) is 14.0. The molecule has 0 amide bonds. The minimum atomic E-state index is 0.663. The maximum Gasteiger partial charge on any atom is 0.122 e. The smallest absolute Gasteiger partial charge is 0.122 e.